The fraction of sp³-hybridized carbons (Fsp3) is 0.0526. The summed E-state index contributed by atoms with van der Waals surface area (Å²) in [6, 6.07) is 18.1. The predicted molar refractivity (Wildman–Crippen MR) is 97.8 cm³/mol. The molecule has 0 saturated heterocycles. The summed E-state index contributed by atoms with van der Waals surface area (Å²) in [7, 11) is 0. The van der Waals surface area contributed by atoms with Crippen molar-refractivity contribution in [1.82, 2.24) is 0 Å². The second-order valence-electron chi connectivity index (χ2n) is 5.28. The Hall–Kier alpha value is -2.92. The Labute approximate surface area is 144 Å². The molecule has 1 aromatic heterocycles. The van der Waals surface area contributed by atoms with Crippen molar-refractivity contribution in [1.29, 1.82) is 0 Å². The van der Waals surface area contributed by atoms with Crippen LogP contribution in [0.1, 0.15) is 25.6 Å². The molecular formula is C19H16N2O2S. The fourth-order valence-corrected chi connectivity index (χ4v) is 2.87. The number of thiophene rings is 1. The van der Waals surface area contributed by atoms with Gasteiger partial charge in [-0.25, -0.2) is 0 Å². The van der Waals surface area contributed by atoms with Crippen LogP contribution < -0.4 is 10.6 Å². The predicted octanol–water partition coefficient (Wildman–Crippen LogP) is 4.56. The van der Waals surface area contributed by atoms with Crippen molar-refractivity contribution < 1.29 is 9.59 Å². The number of rotatable bonds is 4. The van der Waals surface area contributed by atoms with Crippen LogP contribution in [0.15, 0.2) is 66.0 Å². The maximum absolute atomic E-state index is 12.4. The molecule has 0 saturated carbocycles. The van der Waals surface area contributed by atoms with Gasteiger partial charge in [-0.1, -0.05) is 30.3 Å². The topological polar surface area (TPSA) is 58.2 Å². The number of aryl methyl sites for hydroxylation is 1. The van der Waals surface area contributed by atoms with Crippen molar-refractivity contribution >= 4 is 34.5 Å². The van der Waals surface area contributed by atoms with Crippen LogP contribution in [-0.2, 0) is 0 Å². The molecule has 0 aliphatic heterocycles. The summed E-state index contributed by atoms with van der Waals surface area (Å²) < 4.78 is 0. The van der Waals surface area contributed by atoms with Gasteiger partial charge in [0.15, 0.2) is 0 Å². The molecule has 0 radical (unpaired) electrons. The first kappa shape index (κ1) is 16.0. The molecule has 120 valence electrons. The van der Waals surface area contributed by atoms with Gasteiger partial charge in [0.05, 0.1) is 4.88 Å². The highest BCUT2D eigenvalue weighted by Gasteiger charge is 2.10. The van der Waals surface area contributed by atoms with E-state index in [4.69, 9.17) is 0 Å². The Kier molecular flexibility index (Phi) is 4.72. The number of nitrogens with one attached hydrogen (secondary N) is 2. The van der Waals surface area contributed by atoms with Crippen LogP contribution in [0.3, 0.4) is 0 Å². The van der Waals surface area contributed by atoms with E-state index < -0.39 is 0 Å². The molecule has 3 aromatic rings. The van der Waals surface area contributed by atoms with Crippen LogP contribution in [0.2, 0.25) is 0 Å². The molecule has 2 amide bonds. The minimum atomic E-state index is -0.212. The van der Waals surface area contributed by atoms with E-state index >= 15 is 0 Å². The van der Waals surface area contributed by atoms with Gasteiger partial charge in [-0.2, -0.15) is 0 Å². The van der Waals surface area contributed by atoms with Gasteiger partial charge in [0, 0.05) is 16.9 Å². The minimum Gasteiger partial charge on any atom is -0.322 e. The molecule has 0 atom stereocenters. The Morgan fingerprint density at radius 2 is 1.71 bits per heavy atom. The molecule has 0 aliphatic carbocycles. The van der Waals surface area contributed by atoms with Crippen molar-refractivity contribution in [3.8, 4) is 0 Å². The molecule has 0 fully saturated rings. The normalized spacial score (nSPS) is 10.2. The quantitative estimate of drug-likeness (QED) is 0.734. The number of carbonyl (C=O) groups is 2. The second kappa shape index (κ2) is 7.10. The van der Waals surface area contributed by atoms with Crippen molar-refractivity contribution in [2.24, 2.45) is 0 Å². The third kappa shape index (κ3) is 3.70. The number of para-hydroxylation sites is 1. The number of hydrogen-bond acceptors (Lipinski definition) is 3. The van der Waals surface area contributed by atoms with Gasteiger partial charge in [0.1, 0.15) is 0 Å². The number of anilines is 2. The zero-order chi connectivity index (χ0) is 16.9. The molecule has 0 aliphatic rings. The second-order valence-corrected chi connectivity index (χ2v) is 6.23. The lowest BCUT2D eigenvalue weighted by molar-refractivity contribution is 0.101. The van der Waals surface area contributed by atoms with E-state index in [0.29, 0.717) is 16.1 Å². The van der Waals surface area contributed by atoms with Crippen LogP contribution in [0.5, 0.6) is 0 Å². The average molecular weight is 336 g/mol. The molecular weight excluding hydrogens is 320 g/mol. The van der Waals surface area contributed by atoms with Crippen molar-refractivity contribution in [2.75, 3.05) is 10.6 Å². The molecule has 2 N–H and O–H groups in total. The smallest absolute Gasteiger partial charge is 0.265 e. The Morgan fingerprint density at radius 3 is 2.46 bits per heavy atom. The van der Waals surface area contributed by atoms with Crippen molar-refractivity contribution in [3.63, 3.8) is 0 Å². The summed E-state index contributed by atoms with van der Waals surface area (Å²) >= 11 is 1.37. The van der Waals surface area contributed by atoms with E-state index in [0.717, 1.165) is 11.3 Å². The van der Waals surface area contributed by atoms with Crippen molar-refractivity contribution in [2.45, 2.75) is 6.92 Å². The van der Waals surface area contributed by atoms with E-state index in [1.54, 1.807) is 30.3 Å². The third-order valence-corrected chi connectivity index (χ3v) is 4.39. The summed E-state index contributed by atoms with van der Waals surface area (Å²) in [4.78, 5) is 25.1. The number of amides is 2. The first-order chi connectivity index (χ1) is 11.6. The lowest BCUT2D eigenvalue weighted by Crippen LogP contribution is -2.14. The van der Waals surface area contributed by atoms with E-state index in [-0.39, 0.29) is 11.8 Å². The van der Waals surface area contributed by atoms with Crippen LogP contribution in [0.4, 0.5) is 11.4 Å². The van der Waals surface area contributed by atoms with Crippen molar-refractivity contribution in [3.05, 3.63) is 82.0 Å². The van der Waals surface area contributed by atoms with Gasteiger partial charge >= 0.3 is 0 Å². The molecule has 2 aromatic carbocycles. The number of benzene rings is 2. The molecule has 5 heteroatoms. The summed E-state index contributed by atoms with van der Waals surface area (Å²) in [5.41, 5.74) is 2.84. The largest absolute Gasteiger partial charge is 0.322 e. The molecule has 0 bridgehead atoms. The summed E-state index contributed by atoms with van der Waals surface area (Å²) in [5, 5.41) is 7.54. The van der Waals surface area contributed by atoms with Gasteiger partial charge in [-0.3, -0.25) is 9.59 Å². The van der Waals surface area contributed by atoms with E-state index in [1.807, 2.05) is 42.6 Å². The standard InChI is InChI=1S/C19H16N2O2S/c1-13-6-2-3-9-16(13)21-18(22)14-7-4-8-15(12-14)20-19(23)17-10-5-11-24-17/h2-12H,1H3,(H,20,23)(H,21,22). The lowest BCUT2D eigenvalue weighted by Gasteiger charge is -2.09. The molecule has 1 heterocycles. The van der Waals surface area contributed by atoms with Gasteiger partial charge < -0.3 is 10.6 Å². The highest BCUT2D eigenvalue weighted by Crippen LogP contribution is 2.18. The lowest BCUT2D eigenvalue weighted by atomic mass is 10.1. The van der Waals surface area contributed by atoms with Crippen LogP contribution in [0.25, 0.3) is 0 Å². The van der Waals surface area contributed by atoms with Crippen LogP contribution >= 0.6 is 11.3 Å². The monoisotopic (exact) mass is 336 g/mol. The van der Waals surface area contributed by atoms with Crippen LogP contribution in [-0.4, -0.2) is 11.8 Å². The van der Waals surface area contributed by atoms with Gasteiger partial charge in [0.25, 0.3) is 11.8 Å². The van der Waals surface area contributed by atoms with Gasteiger partial charge in [-0.15, -0.1) is 11.3 Å². The molecule has 0 spiro atoms. The zero-order valence-electron chi connectivity index (χ0n) is 13.1. The van der Waals surface area contributed by atoms with E-state index in [1.165, 1.54) is 11.3 Å². The summed E-state index contributed by atoms with van der Waals surface area (Å²) in [6.07, 6.45) is 0. The summed E-state index contributed by atoms with van der Waals surface area (Å²) in [5.74, 6) is -0.391. The zero-order valence-corrected chi connectivity index (χ0v) is 13.9. The molecule has 24 heavy (non-hydrogen) atoms. The van der Waals surface area contributed by atoms with Crippen LogP contribution in [0, 0.1) is 6.92 Å². The third-order valence-electron chi connectivity index (χ3n) is 3.52. The fourth-order valence-electron chi connectivity index (χ4n) is 2.25. The maximum Gasteiger partial charge on any atom is 0.265 e. The first-order valence-electron chi connectivity index (χ1n) is 7.45. The maximum atomic E-state index is 12.4. The Balaban J connectivity index is 1.74. The molecule has 0 unspecified atom stereocenters. The molecule has 4 nitrogen and oxygen atoms in total. The molecule has 3 rings (SSSR count). The van der Waals surface area contributed by atoms with E-state index in [2.05, 4.69) is 10.6 Å². The van der Waals surface area contributed by atoms with E-state index in [9.17, 15) is 9.59 Å². The highest BCUT2D eigenvalue weighted by atomic mass is 32.1. The SMILES string of the molecule is Cc1ccccc1NC(=O)c1cccc(NC(=O)c2cccs2)c1. The minimum absolute atomic E-state index is 0.179. The average Bonchev–Trinajstić information content (AvgIpc) is 3.12. The number of hydrogen-bond donors (Lipinski definition) is 2. The first-order valence-corrected chi connectivity index (χ1v) is 8.33. The number of carbonyl (C=O) groups excluding carboxylic acids is 2. The van der Waals surface area contributed by atoms with Gasteiger partial charge in [0.2, 0.25) is 0 Å². The highest BCUT2D eigenvalue weighted by molar-refractivity contribution is 7.12. The Morgan fingerprint density at radius 1 is 0.875 bits per heavy atom. The van der Waals surface area contributed by atoms with Gasteiger partial charge in [-0.05, 0) is 48.2 Å². The Bertz CT molecular complexity index is 873. The summed E-state index contributed by atoms with van der Waals surface area (Å²) in [6.45, 7) is 1.94.